The molecule has 11 heteroatoms. The highest BCUT2D eigenvalue weighted by molar-refractivity contribution is 9.10. The molecule has 0 atom stereocenters. The van der Waals surface area contributed by atoms with Gasteiger partial charge in [0.05, 0.1) is 9.40 Å². The normalized spacial score (nSPS) is 10.3. The molecule has 2 aromatic carbocycles. The summed E-state index contributed by atoms with van der Waals surface area (Å²) in [5.41, 5.74) is 0.580. The number of hydrogen-bond acceptors (Lipinski definition) is 7. The highest BCUT2D eigenvalue weighted by Gasteiger charge is 2.21. The number of nitrogens with zero attached hydrogens (tertiary/aromatic N) is 3. The second kappa shape index (κ2) is 9.76. The van der Waals surface area contributed by atoms with E-state index < -0.39 is 22.5 Å². The number of aryl methyl sites for hydroxylation is 1. The Morgan fingerprint density at radius 1 is 1.16 bits per heavy atom. The van der Waals surface area contributed by atoms with Gasteiger partial charge in [0.15, 0.2) is 0 Å². The summed E-state index contributed by atoms with van der Waals surface area (Å²) in [6, 6.07) is 9.60. The minimum atomic E-state index is -0.894. The van der Waals surface area contributed by atoms with Gasteiger partial charge in [-0.2, -0.15) is 0 Å². The number of ether oxygens (including phenoxy) is 1. The lowest BCUT2D eigenvalue weighted by Crippen LogP contribution is -2.34. The molecule has 158 valence electrons. The standard InChI is InChI=1S/C20H16BrN5O5/c1-2-12-7-8-14(9-17(12)31-20-22-10-13(21)11-23-20)24-19(28)25-18(27)15-5-3-4-6-16(15)26(29)30/h3-11H,2H2,1H3,(H2,24,25,27,28). The van der Waals surface area contributed by atoms with Crippen molar-refractivity contribution in [1.82, 2.24) is 15.3 Å². The number of imide groups is 1. The number of nitrogens with one attached hydrogen (secondary N) is 2. The number of carbonyl (C=O) groups is 2. The number of nitro benzene ring substituents is 1. The second-order valence-corrected chi connectivity index (χ2v) is 7.06. The van der Waals surface area contributed by atoms with Gasteiger partial charge in [-0.3, -0.25) is 20.2 Å². The van der Waals surface area contributed by atoms with Crippen molar-refractivity contribution in [3.63, 3.8) is 0 Å². The van der Waals surface area contributed by atoms with Gasteiger partial charge in [0.25, 0.3) is 11.6 Å². The predicted octanol–water partition coefficient (Wildman–Crippen LogP) is 4.46. The van der Waals surface area contributed by atoms with Crippen LogP contribution in [0.2, 0.25) is 0 Å². The topological polar surface area (TPSA) is 136 Å². The molecule has 0 aliphatic carbocycles. The molecule has 1 heterocycles. The van der Waals surface area contributed by atoms with Crippen LogP contribution in [0.3, 0.4) is 0 Å². The van der Waals surface area contributed by atoms with E-state index in [0.29, 0.717) is 22.3 Å². The molecule has 3 amide bonds. The summed E-state index contributed by atoms with van der Waals surface area (Å²) in [5, 5.41) is 15.7. The summed E-state index contributed by atoms with van der Waals surface area (Å²) in [4.78, 5) is 43.0. The Morgan fingerprint density at radius 3 is 2.55 bits per heavy atom. The van der Waals surface area contributed by atoms with E-state index in [-0.39, 0.29) is 11.6 Å². The zero-order valence-electron chi connectivity index (χ0n) is 16.2. The van der Waals surface area contributed by atoms with E-state index in [1.165, 1.54) is 36.7 Å². The summed E-state index contributed by atoms with van der Waals surface area (Å²) < 4.78 is 6.41. The van der Waals surface area contributed by atoms with E-state index in [9.17, 15) is 19.7 Å². The highest BCUT2D eigenvalue weighted by Crippen LogP contribution is 2.27. The second-order valence-electron chi connectivity index (χ2n) is 6.14. The zero-order chi connectivity index (χ0) is 22.4. The van der Waals surface area contributed by atoms with Gasteiger partial charge in [-0.25, -0.2) is 14.8 Å². The van der Waals surface area contributed by atoms with Crippen LogP contribution in [0.5, 0.6) is 11.8 Å². The Bertz CT molecular complexity index is 1140. The molecule has 3 aromatic rings. The van der Waals surface area contributed by atoms with E-state index >= 15 is 0 Å². The van der Waals surface area contributed by atoms with Gasteiger partial charge in [-0.05, 0) is 40.0 Å². The first-order chi connectivity index (χ1) is 14.9. The van der Waals surface area contributed by atoms with Crippen molar-refractivity contribution >= 4 is 39.2 Å². The molecular weight excluding hydrogens is 470 g/mol. The Morgan fingerprint density at radius 2 is 1.87 bits per heavy atom. The molecule has 3 rings (SSSR count). The number of anilines is 1. The lowest BCUT2D eigenvalue weighted by molar-refractivity contribution is -0.385. The highest BCUT2D eigenvalue weighted by atomic mass is 79.9. The third-order valence-corrected chi connectivity index (χ3v) is 4.49. The van der Waals surface area contributed by atoms with Gasteiger partial charge < -0.3 is 10.1 Å². The van der Waals surface area contributed by atoms with E-state index in [4.69, 9.17) is 4.74 Å². The van der Waals surface area contributed by atoms with Crippen LogP contribution in [0.4, 0.5) is 16.2 Å². The van der Waals surface area contributed by atoms with Crippen LogP contribution in [0, 0.1) is 10.1 Å². The van der Waals surface area contributed by atoms with Crippen LogP contribution in [0.1, 0.15) is 22.8 Å². The molecule has 31 heavy (non-hydrogen) atoms. The molecule has 0 saturated heterocycles. The minimum Gasteiger partial charge on any atom is -0.424 e. The van der Waals surface area contributed by atoms with Gasteiger partial charge in [-0.1, -0.05) is 25.1 Å². The molecule has 10 nitrogen and oxygen atoms in total. The SMILES string of the molecule is CCc1ccc(NC(=O)NC(=O)c2ccccc2[N+](=O)[O-])cc1Oc1ncc(Br)cn1. The minimum absolute atomic E-state index is 0.131. The van der Waals surface area contributed by atoms with Crippen molar-refractivity contribution in [3.05, 3.63) is 80.6 Å². The summed E-state index contributed by atoms with van der Waals surface area (Å²) in [5.74, 6) is -0.456. The Kier molecular flexibility index (Phi) is 6.88. The van der Waals surface area contributed by atoms with Crippen LogP contribution >= 0.6 is 15.9 Å². The largest absolute Gasteiger partial charge is 0.424 e. The van der Waals surface area contributed by atoms with E-state index in [1.54, 1.807) is 18.2 Å². The first-order valence-electron chi connectivity index (χ1n) is 9.01. The van der Waals surface area contributed by atoms with E-state index in [1.807, 2.05) is 6.92 Å². The van der Waals surface area contributed by atoms with Crippen molar-refractivity contribution in [2.24, 2.45) is 0 Å². The Labute approximate surface area is 185 Å². The fraction of sp³-hybridized carbons (Fsp3) is 0.100. The summed E-state index contributed by atoms with van der Waals surface area (Å²) in [6.45, 7) is 1.94. The number of nitro groups is 1. The molecule has 0 radical (unpaired) electrons. The number of hydrogen-bond donors (Lipinski definition) is 2. The van der Waals surface area contributed by atoms with Crippen LogP contribution in [0.25, 0.3) is 0 Å². The molecule has 0 bridgehead atoms. The molecule has 0 spiro atoms. The molecule has 0 unspecified atom stereocenters. The fourth-order valence-electron chi connectivity index (χ4n) is 2.63. The number of rotatable bonds is 6. The first-order valence-corrected chi connectivity index (χ1v) is 9.80. The average Bonchev–Trinajstić information content (AvgIpc) is 2.75. The Hall–Kier alpha value is -3.86. The third-order valence-electron chi connectivity index (χ3n) is 4.08. The molecule has 0 fully saturated rings. The summed E-state index contributed by atoms with van der Waals surface area (Å²) >= 11 is 3.25. The number of benzene rings is 2. The molecular formula is C20H16BrN5O5. The lowest BCUT2D eigenvalue weighted by atomic mass is 10.1. The van der Waals surface area contributed by atoms with Gasteiger partial charge in [-0.15, -0.1) is 0 Å². The number of carbonyl (C=O) groups excluding carboxylic acids is 2. The van der Waals surface area contributed by atoms with Crippen molar-refractivity contribution in [1.29, 1.82) is 0 Å². The smallest absolute Gasteiger partial charge is 0.326 e. The van der Waals surface area contributed by atoms with Crippen molar-refractivity contribution in [3.8, 4) is 11.8 Å². The van der Waals surface area contributed by atoms with Gasteiger partial charge in [0, 0.05) is 30.2 Å². The number of halogens is 1. The maximum atomic E-state index is 12.3. The summed E-state index contributed by atoms with van der Waals surface area (Å²) in [6.07, 6.45) is 3.74. The number of para-hydroxylation sites is 1. The van der Waals surface area contributed by atoms with Crippen molar-refractivity contribution in [2.45, 2.75) is 13.3 Å². The molecule has 0 aliphatic rings. The van der Waals surface area contributed by atoms with Crippen LogP contribution in [-0.4, -0.2) is 26.8 Å². The number of amides is 3. The average molecular weight is 486 g/mol. The molecule has 1 aromatic heterocycles. The molecule has 2 N–H and O–H groups in total. The van der Waals surface area contributed by atoms with Crippen molar-refractivity contribution < 1.29 is 19.2 Å². The fourth-order valence-corrected chi connectivity index (χ4v) is 2.83. The number of aromatic nitrogens is 2. The molecule has 0 saturated carbocycles. The monoisotopic (exact) mass is 485 g/mol. The van der Waals surface area contributed by atoms with Crippen molar-refractivity contribution in [2.75, 3.05) is 5.32 Å². The van der Waals surface area contributed by atoms with Gasteiger partial charge >= 0.3 is 12.0 Å². The Balaban J connectivity index is 1.73. The first kappa shape index (κ1) is 21.8. The maximum absolute atomic E-state index is 12.3. The summed E-state index contributed by atoms with van der Waals surface area (Å²) in [7, 11) is 0. The third kappa shape index (κ3) is 5.60. The molecule has 0 aliphatic heterocycles. The van der Waals surface area contributed by atoms with E-state index in [2.05, 4.69) is 36.5 Å². The van der Waals surface area contributed by atoms with Crippen LogP contribution in [0.15, 0.2) is 59.3 Å². The quantitative estimate of drug-likeness (QED) is 0.388. The van der Waals surface area contributed by atoms with Crippen LogP contribution < -0.4 is 15.4 Å². The predicted molar refractivity (Wildman–Crippen MR) is 115 cm³/mol. The maximum Gasteiger partial charge on any atom is 0.326 e. The van der Waals surface area contributed by atoms with E-state index in [0.717, 1.165) is 5.56 Å². The lowest BCUT2D eigenvalue weighted by Gasteiger charge is -2.12. The van der Waals surface area contributed by atoms with Gasteiger partial charge in [0.2, 0.25) is 0 Å². The van der Waals surface area contributed by atoms with Crippen LogP contribution in [-0.2, 0) is 6.42 Å². The van der Waals surface area contributed by atoms with Gasteiger partial charge in [0.1, 0.15) is 11.3 Å². The number of urea groups is 1. The zero-order valence-corrected chi connectivity index (χ0v) is 17.8.